The van der Waals surface area contributed by atoms with Crippen LogP contribution >= 0.6 is 0 Å². The Morgan fingerprint density at radius 2 is 2.05 bits per heavy atom. The zero-order valence-electron chi connectivity index (χ0n) is 11.0. The minimum absolute atomic E-state index is 0.150. The fraction of sp³-hybridized carbons (Fsp3) is 0.154. The molecule has 7 nitrogen and oxygen atoms in total. The molecule has 0 saturated carbocycles. The molecule has 0 unspecified atom stereocenters. The van der Waals surface area contributed by atoms with Crippen LogP contribution in [0, 0.1) is 10.1 Å². The quantitative estimate of drug-likeness (QED) is 0.667. The topological polar surface area (TPSA) is 86.5 Å². The summed E-state index contributed by atoms with van der Waals surface area (Å²) in [5, 5.41) is 13.9. The van der Waals surface area contributed by atoms with E-state index in [4.69, 9.17) is 9.47 Å². The highest BCUT2D eigenvalue weighted by atomic mass is 16.6. The van der Waals surface area contributed by atoms with Crippen LogP contribution in [-0.2, 0) is 0 Å². The maximum Gasteiger partial charge on any atom is 0.314 e. The fourth-order valence-corrected chi connectivity index (χ4v) is 1.62. The van der Waals surface area contributed by atoms with Gasteiger partial charge in [0.05, 0.1) is 36.2 Å². The Hall–Kier alpha value is -2.83. The Morgan fingerprint density at radius 3 is 2.70 bits per heavy atom. The summed E-state index contributed by atoms with van der Waals surface area (Å²) in [6.45, 7) is 0. The van der Waals surface area contributed by atoms with Crippen LogP contribution in [0.15, 0.2) is 36.7 Å². The highest BCUT2D eigenvalue weighted by Gasteiger charge is 2.16. The first-order valence-electron chi connectivity index (χ1n) is 5.77. The van der Waals surface area contributed by atoms with Gasteiger partial charge in [-0.05, 0) is 12.1 Å². The van der Waals surface area contributed by atoms with E-state index in [-0.39, 0.29) is 11.4 Å². The summed E-state index contributed by atoms with van der Waals surface area (Å²) in [5.74, 6) is 1.01. The zero-order chi connectivity index (χ0) is 14.5. The van der Waals surface area contributed by atoms with Crippen molar-refractivity contribution in [2.45, 2.75) is 0 Å². The third-order valence-corrected chi connectivity index (χ3v) is 2.58. The summed E-state index contributed by atoms with van der Waals surface area (Å²) in [6, 6.07) is 6.13. The third kappa shape index (κ3) is 2.94. The Kier molecular flexibility index (Phi) is 3.99. The van der Waals surface area contributed by atoms with E-state index in [2.05, 4.69) is 10.3 Å². The summed E-state index contributed by atoms with van der Waals surface area (Å²) >= 11 is 0. The van der Waals surface area contributed by atoms with Crippen molar-refractivity contribution in [3.8, 4) is 17.2 Å². The number of hydrogen-bond acceptors (Lipinski definition) is 6. The number of rotatable bonds is 5. The molecular formula is C13H13N3O4. The summed E-state index contributed by atoms with van der Waals surface area (Å²) in [5.41, 5.74) is 0.633. The molecule has 2 rings (SSSR count). The van der Waals surface area contributed by atoms with Crippen molar-refractivity contribution in [2.24, 2.45) is 0 Å². The minimum Gasteiger partial charge on any atom is -0.490 e. The molecule has 1 N–H and O–H groups in total. The monoisotopic (exact) mass is 275 g/mol. The van der Waals surface area contributed by atoms with E-state index in [0.29, 0.717) is 11.5 Å². The van der Waals surface area contributed by atoms with Crippen LogP contribution in [0.25, 0.3) is 0 Å². The summed E-state index contributed by atoms with van der Waals surface area (Å²) in [6.07, 6.45) is 3.17. The van der Waals surface area contributed by atoms with Crippen molar-refractivity contribution < 1.29 is 14.4 Å². The van der Waals surface area contributed by atoms with Gasteiger partial charge in [-0.25, -0.2) is 0 Å². The molecule has 7 heteroatoms. The molecule has 1 aromatic heterocycles. The average molecular weight is 275 g/mol. The van der Waals surface area contributed by atoms with Crippen LogP contribution in [0.5, 0.6) is 17.2 Å². The van der Waals surface area contributed by atoms with E-state index in [1.54, 1.807) is 25.4 Å². The van der Waals surface area contributed by atoms with Gasteiger partial charge in [-0.3, -0.25) is 15.1 Å². The number of nitrogens with one attached hydrogen (secondary N) is 1. The second-order valence-corrected chi connectivity index (χ2v) is 3.85. The molecule has 0 saturated heterocycles. The number of nitrogens with zero attached hydrogens (tertiary/aromatic N) is 2. The average Bonchev–Trinajstić information content (AvgIpc) is 2.47. The standard InChI is InChI=1S/C13H13N3O4/c1-14-9-5-11(8-15-7-9)20-10-3-4-13(19-2)12(6-10)16(17)18/h3-8,14H,1-2H3. The number of pyridine rings is 1. The lowest BCUT2D eigenvalue weighted by atomic mass is 10.3. The molecule has 1 heterocycles. The second-order valence-electron chi connectivity index (χ2n) is 3.85. The van der Waals surface area contributed by atoms with Crippen molar-refractivity contribution in [1.82, 2.24) is 4.98 Å². The first-order chi connectivity index (χ1) is 9.63. The first kappa shape index (κ1) is 13.6. The fourth-order valence-electron chi connectivity index (χ4n) is 1.62. The number of nitro groups is 1. The first-order valence-corrected chi connectivity index (χ1v) is 5.77. The number of aromatic nitrogens is 1. The summed E-state index contributed by atoms with van der Waals surface area (Å²) in [7, 11) is 3.14. The Balaban J connectivity index is 2.29. The lowest BCUT2D eigenvalue weighted by Crippen LogP contribution is -1.95. The Morgan fingerprint density at radius 1 is 1.25 bits per heavy atom. The maximum absolute atomic E-state index is 10.9. The molecule has 0 atom stereocenters. The molecule has 0 amide bonds. The van der Waals surface area contributed by atoms with Crippen molar-refractivity contribution in [3.05, 3.63) is 46.8 Å². The highest BCUT2D eigenvalue weighted by molar-refractivity contribution is 5.52. The molecule has 1 aromatic carbocycles. The lowest BCUT2D eigenvalue weighted by Gasteiger charge is -2.08. The van der Waals surface area contributed by atoms with Gasteiger partial charge in [-0.2, -0.15) is 0 Å². The van der Waals surface area contributed by atoms with Gasteiger partial charge in [0.1, 0.15) is 11.5 Å². The molecule has 0 radical (unpaired) electrons. The predicted molar refractivity (Wildman–Crippen MR) is 73.5 cm³/mol. The van der Waals surface area contributed by atoms with Gasteiger partial charge in [-0.1, -0.05) is 0 Å². The Labute approximate surface area is 115 Å². The van der Waals surface area contributed by atoms with Gasteiger partial charge >= 0.3 is 5.69 Å². The van der Waals surface area contributed by atoms with Gasteiger partial charge in [0.25, 0.3) is 0 Å². The van der Waals surface area contributed by atoms with E-state index < -0.39 is 4.92 Å². The van der Waals surface area contributed by atoms with Crippen LogP contribution in [0.1, 0.15) is 0 Å². The molecule has 0 spiro atoms. The van der Waals surface area contributed by atoms with E-state index in [9.17, 15) is 10.1 Å². The van der Waals surface area contributed by atoms with E-state index >= 15 is 0 Å². The molecule has 104 valence electrons. The normalized spacial score (nSPS) is 9.90. The maximum atomic E-state index is 10.9. The van der Waals surface area contributed by atoms with Crippen LogP contribution in [0.3, 0.4) is 0 Å². The highest BCUT2D eigenvalue weighted by Crippen LogP contribution is 2.33. The molecule has 0 aliphatic heterocycles. The smallest absolute Gasteiger partial charge is 0.314 e. The van der Waals surface area contributed by atoms with Crippen LogP contribution in [-0.4, -0.2) is 24.1 Å². The number of anilines is 1. The number of methoxy groups -OCH3 is 1. The number of nitro benzene ring substituents is 1. The van der Waals surface area contributed by atoms with E-state index in [0.717, 1.165) is 5.69 Å². The van der Waals surface area contributed by atoms with Crippen LogP contribution in [0.2, 0.25) is 0 Å². The largest absolute Gasteiger partial charge is 0.490 e. The van der Waals surface area contributed by atoms with Crippen molar-refractivity contribution in [1.29, 1.82) is 0 Å². The van der Waals surface area contributed by atoms with Gasteiger partial charge in [0, 0.05) is 13.1 Å². The third-order valence-electron chi connectivity index (χ3n) is 2.58. The molecule has 2 aromatic rings. The summed E-state index contributed by atoms with van der Waals surface area (Å²) in [4.78, 5) is 14.4. The zero-order valence-corrected chi connectivity index (χ0v) is 11.0. The van der Waals surface area contributed by atoms with Gasteiger partial charge in [-0.15, -0.1) is 0 Å². The van der Waals surface area contributed by atoms with Crippen LogP contribution < -0.4 is 14.8 Å². The van der Waals surface area contributed by atoms with Crippen molar-refractivity contribution in [3.63, 3.8) is 0 Å². The molecule has 20 heavy (non-hydrogen) atoms. The van der Waals surface area contributed by atoms with E-state index in [1.807, 2.05) is 0 Å². The second kappa shape index (κ2) is 5.87. The van der Waals surface area contributed by atoms with Gasteiger partial charge in [0.2, 0.25) is 0 Å². The molecule has 0 aliphatic carbocycles. The molecule has 0 fully saturated rings. The Bertz CT molecular complexity index is 631. The molecule has 0 aliphatic rings. The minimum atomic E-state index is -0.520. The van der Waals surface area contributed by atoms with Crippen LogP contribution in [0.4, 0.5) is 11.4 Å². The molecular weight excluding hydrogens is 262 g/mol. The SMILES string of the molecule is CNc1cncc(Oc2ccc(OC)c([N+](=O)[O-])c2)c1. The predicted octanol–water partition coefficient (Wildman–Crippen LogP) is 2.83. The molecule has 0 bridgehead atoms. The summed E-state index contributed by atoms with van der Waals surface area (Å²) < 4.78 is 10.5. The van der Waals surface area contributed by atoms with E-state index in [1.165, 1.54) is 25.4 Å². The number of ether oxygens (including phenoxy) is 2. The van der Waals surface area contributed by atoms with Crippen molar-refractivity contribution >= 4 is 11.4 Å². The van der Waals surface area contributed by atoms with Gasteiger partial charge in [0.15, 0.2) is 5.75 Å². The van der Waals surface area contributed by atoms with Gasteiger partial charge < -0.3 is 14.8 Å². The van der Waals surface area contributed by atoms with Crippen molar-refractivity contribution in [2.75, 3.05) is 19.5 Å². The lowest BCUT2D eigenvalue weighted by molar-refractivity contribution is -0.385. The number of hydrogen-bond donors (Lipinski definition) is 1. The number of benzene rings is 1.